The van der Waals surface area contributed by atoms with Gasteiger partial charge in [0.2, 0.25) is 11.8 Å². The molecular formula is C32H40ClN3O7S. The van der Waals surface area contributed by atoms with Crippen molar-refractivity contribution in [3.05, 3.63) is 77.3 Å². The van der Waals surface area contributed by atoms with Crippen LogP contribution in [0.4, 0.5) is 5.69 Å². The molecule has 3 rings (SSSR count). The monoisotopic (exact) mass is 645 g/mol. The van der Waals surface area contributed by atoms with E-state index in [0.717, 1.165) is 9.87 Å². The Balaban J connectivity index is 2.10. The molecule has 3 aromatic rings. The molecule has 0 spiro atoms. The minimum absolute atomic E-state index is 0.0593. The second-order valence-corrected chi connectivity index (χ2v) is 13.3. The Hall–Kier alpha value is -3.96. The number of anilines is 1. The number of hydrogen-bond donors (Lipinski definition) is 1. The molecule has 0 saturated carbocycles. The Morgan fingerprint density at radius 1 is 0.886 bits per heavy atom. The minimum atomic E-state index is -4.33. The number of carbonyl (C=O) groups is 2. The van der Waals surface area contributed by atoms with E-state index < -0.39 is 34.1 Å². The van der Waals surface area contributed by atoms with Crippen molar-refractivity contribution in [3.8, 4) is 17.2 Å². The normalized spacial score (nSPS) is 12.2. The third-order valence-electron chi connectivity index (χ3n) is 6.73. The molecule has 3 aromatic carbocycles. The maximum atomic E-state index is 14.2. The fraction of sp³-hybridized carbons (Fsp3) is 0.375. The van der Waals surface area contributed by atoms with Crippen LogP contribution in [0.15, 0.2) is 71.6 Å². The number of halogens is 1. The van der Waals surface area contributed by atoms with Gasteiger partial charge in [-0.3, -0.25) is 13.9 Å². The molecule has 0 aliphatic heterocycles. The molecule has 44 heavy (non-hydrogen) atoms. The lowest BCUT2D eigenvalue weighted by Gasteiger charge is -2.34. The van der Waals surface area contributed by atoms with Gasteiger partial charge >= 0.3 is 0 Å². The first-order valence-electron chi connectivity index (χ1n) is 14.0. The highest BCUT2D eigenvalue weighted by molar-refractivity contribution is 7.92. The number of rotatable bonds is 13. The van der Waals surface area contributed by atoms with Gasteiger partial charge in [0.1, 0.15) is 18.3 Å². The van der Waals surface area contributed by atoms with Crippen molar-refractivity contribution in [2.75, 3.05) is 32.2 Å². The lowest BCUT2D eigenvalue weighted by atomic mass is 10.1. The molecule has 0 fully saturated rings. The lowest BCUT2D eigenvalue weighted by Crippen LogP contribution is -2.55. The number of methoxy groups -OCH3 is 3. The van der Waals surface area contributed by atoms with Gasteiger partial charge in [0.05, 0.1) is 31.9 Å². The van der Waals surface area contributed by atoms with E-state index in [1.807, 2.05) is 20.8 Å². The number of nitrogens with zero attached hydrogens (tertiary/aromatic N) is 2. The number of carbonyl (C=O) groups excluding carboxylic acids is 2. The summed E-state index contributed by atoms with van der Waals surface area (Å²) in [6, 6.07) is 16.6. The summed E-state index contributed by atoms with van der Waals surface area (Å²) in [6.45, 7) is 6.83. The van der Waals surface area contributed by atoms with Crippen molar-refractivity contribution in [1.29, 1.82) is 0 Å². The highest BCUT2D eigenvalue weighted by Crippen LogP contribution is 2.33. The zero-order chi connectivity index (χ0) is 32.7. The summed E-state index contributed by atoms with van der Waals surface area (Å²) in [7, 11) is 0.0768. The van der Waals surface area contributed by atoms with E-state index in [2.05, 4.69) is 5.32 Å². The predicted octanol–water partition coefficient (Wildman–Crippen LogP) is 5.28. The van der Waals surface area contributed by atoms with Crippen molar-refractivity contribution in [3.63, 3.8) is 0 Å². The van der Waals surface area contributed by atoms with Crippen molar-refractivity contribution in [2.45, 2.75) is 57.1 Å². The zero-order valence-corrected chi connectivity index (χ0v) is 27.7. The van der Waals surface area contributed by atoms with E-state index >= 15 is 0 Å². The van der Waals surface area contributed by atoms with Crippen LogP contribution in [0.1, 0.15) is 39.7 Å². The molecule has 0 bridgehead atoms. The van der Waals surface area contributed by atoms with Crippen LogP contribution < -0.4 is 23.8 Å². The number of amides is 2. The third kappa shape index (κ3) is 8.57. The van der Waals surface area contributed by atoms with E-state index in [1.165, 1.54) is 49.5 Å². The van der Waals surface area contributed by atoms with Crippen LogP contribution in [0.3, 0.4) is 0 Å². The summed E-state index contributed by atoms with van der Waals surface area (Å²) < 4.78 is 45.2. The SMILES string of the molecule is CC[C@@H](C(=O)NC(C)(C)C)N(Cc1ccc(OC)cc1)C(=O)CN(c1ccc(Cl)cc1)S(=O)(=O)c1ccc(OC)c(OC)c1. The number of hydrogen-bond acceptors (Lipinski definition) is 7. The van der Waals surface area contributed by atoms with Gasteiger partial charge in [-0.05, 0) is 81.3 Å². The second kappa shape index (κ2) is 14.7. The average Bonchev–Trinajstić information content (AvgIpc) is 2.99. The first-order chi connectivity index (χ1) is 20.7. The molecule has 0 unspecified atom stereocenters. The van der Waals surface area contributed by atoms with Gasteiger partial charge in [0.25, 0.3) is 10.0 Å². The summed E-state index contributed by atoms with van der Waals surface area (Å²) in [6.07, 6.45) is 0.299. The first-order valence-corrected chi connectivity index (χ1v) is 15.8. The summed E-state index contributed by atoms with van der Waals surface area (Å²) >= 11 is 6.11. The maximum absolute atomic E-state index is 14.2. The topological polar surface area (TPSA) is 114 Å². The van der Waals surface area contributed by atoms with Crippen molar-refractivity contribution in [1.82, 2.24) is 10.2 Å². The Bertz CT molecular complexity index is 1540. The predicted molar refractivity (Wildman–Crippen MR) is 171 cm³/mol. The number of sulfonamides is 1. The maximum Gasteiger partial charge on any atom is 0.264 e. The molecular weight excluding hydrogens is 606 g/mol. The Morgan fingerprint density at radius 2 is 1.50 bits per heavy atom. The molecule has 0 heterocycles. The number of benzene rings is 3. The number of ether oxygens (including phenoxy) is 3. The van der Waals surface area contributed by atoms with Gasteiger partial charge in [0, 0.05) is 23.2 Å². The van der Waals surface area contributed by atoms with Crippen LogP contribution in [0, 0.1) is 0 Å². The second-order valence-electron chi connectivity index (χ2n) is 11.0. The molecule has 12 heteroatoms. The highest BCUT2D eigenvalue weighted by Gasteiger charge is 2.35. The van der Waals surface area contributed by atoms with Gasteiger partial charge in [0.15, 0.2) is 11.5 Å². The Labute approximate surface area is 264 Å². The van der Waals surface area contributed by atoms with E-state index in [0.29, 0.717) is 22.9 Å². The van der Waals surface area contributed by atoms with Crippen LogP contribution in [-0.4, -0.2) is 64.6 Å². The van der Waals surface area contributed by atoms with E-state index in [4.69, 9.17) is 25.8 Å². The van der Waals surface area contributed by atoms with Gasteiger partial charge in [-0.15, -0.1) is 0 Å². The van der Waals surface area contributed by atoms with E-state index in [1.54, 1.807) is 50.4 Å². The largest absolute Gasteiger partial charge is 0.497 e. The van der Waals surface area contributed by atoms with Crippen molar-refractivity contribution < 1.29 is 32.2 Å². The molecule has 0 aliphatic carbocycles. The zero-order valence-electron chi connectivity index (χ0n) is 26.1. The Kier molecular flexibility index (Phi) is 11.5. The van der Waals surface area contributed by atoms with Crippen LogP contribution in [0.2, 0.25) is 5.02 Å². The van der Waals surface area contributed by atoms with Crippen molar-refractivity contribution in [2.24, 2.45) is 0 Å². The fourth-order valence-electron chi connectivity index (χ4n) is 4.54. The first kappa shape index (κ1) is 34.5. The van der Waals surface area contributed by atoms with Crippen molar-refractivity contribution >= 4 is 39.1 Å². The molecule has 0 aliphatic rings. The molecule has 0 radical (unpaired) electrons. The summed E-state index contributed by atoms with van der Waals surface area (Å²) in [4.78, 5) is 29.0. The summed E-state index contributed by atoms with van der Waals surface area (Å²) in [5.74, 6) is 0.279. The van der Waals surface area contributed by atoms with Crippen LogP contribution >= 0.6 is 11.6 Å². The quantitative estimate of drug-likeness (QED) is 0.269. The van der Waals surface area contributed by atoms with Crippen LogP contribution in [0.25, 0.3) is 0 Å². The molecule has 0 saturated heterocycles. The average molecular weight is 646 g/mol. The molecule has 1 N–H and O–H groups in total. The third-order valence-corrected chi connectivity index (χ3v) is 8.75. The summed E-state index contributed by atoms with van der Waals surface area (Å²) in [5.41, 5.74) is 0.405. The van der Waals surface area contributed by atoms with E-state index in [9.17, 15) is 18.0 Å². The van der Waals surface area contributed by atoms with Gasteiger partial charge in [-0.2, -0.15) is 0 Å². The molecule has 238 valence electrons. The summed E-state index contributed by atoms with van der Waals surface area (Å²) in [5, 5.41) is 3.35. The van der Waals surface area contributed by atoms with E-state index in [-0.39, 0.29) is 28.8 Å². The highest BCUT2D eigenvalue weighted by atomic mass is 35.5. The fourth-order valence-corrected chi connectivity index (χ4v) is 6.10. The van der Waals surface area contributed by atoms with Gasteiger partial charge in [-0.25, -0.2) is 8.42 Å². The Morgan fingerprint density at radius 3 is 2.02 bits per heavy atom. The van der Waals surface area contributed by atoms with Gasteiger partial charge < -0.3 is 24.4 Å². The smallest absolute Gasteiger partial charge is 0.264 e. The molecule has 1 atom stereocenters. The minimum Gasteiger partial charge on any atom is -0.497 e. The van der Waals surface area contributed by atoms with Crippen LogP contribution in [0.5, 0.6) is 17.2 Å². The van der Waals surface area contributed by atoms with Gasteiger partial charge in [-0.1, -0.05) is 30.7 Å². The molecule has 10 nitrogen and oxygen atoms in total. The molecule has 0 aromatic heterocycles. The van der Waals surface area contributed by atoms with Crippen LogP contribution in [-0.2, 0) is 26.2 Å². The standard InChI is InChI=1S/C32H40ClN3O7S/c1-8-27(31(38)34-32(2,3)4)35(20-22-9-15-25(41-5)16-10-22)30(37)21-36(24-13-11-23(33)12-14-24)44(39,40)26-17-18-28(42-6)29(19-26)43-7/h9-19,27H,8,20-21H2,1-7H3,(H,34,38)/t27-/m0/s1. The lowest BCUT2D eigenvalue weighted by molar-refractivity contribution is -0.141. The number of nitrogens with one attached hydrogen (secondary N) is 1. The molecule has 2 amide bonds.